The van der Waals surface area contributed by atoms with Crippen LogP contribution in [0.3, 0.4) is 0 Å². The molecule has 0 aliphatic carbocycles. The number of aryl methyl sites for hydroxylation is 1. The fourth-order valence-corrected chi connectivity index (χ4v) is 2.51. The molecular formula is C14H14BrClN2. The van der Waals surface area contributed by atoms with Gasteiger partial charge in [0, 0.05) is 16.4 Å². The smallest absolute Gasteiger partial charge is 0.0604 e. The molecule has 1 unspecified atom stereocenters. The predicted octanol–water partition coefficient (Wildman–Crippen LogP) is 4.11. The summed E-state index contributed by atoms with van der Waals surface area (Å²) in [5, 5.41) is 4.01. The largest absolute Gasteiger partial charge is 0.309 e. The number of hydrogen-bond acceptors (Lipinski definition) is 2. The van der Waals surface area contributed by atoms with Gasteiger partial charge in [-0.15, -0.1) is 0 Å². The van der Waals surface area contributed by atoms with E-state index in [1.54, 1.807) is 0 Å². The van der Waals surface area contributed by atoms with E-state index in [1.165, 1.54) is 0 Å². The third kappa shape index (κ3) is 2.74. The Kier molecular flexibility index (Phi) is 4.38. The van der Waals surface area contributed by atoms with Crippen molar-refractivity contribution in [1.82, 2.24) is 10.3 Å². The second-order valence-corrected chi connectivity index (χ2v) is 5.33. The molecule has 0 spiro atoms. The van der Waals surface area contributed by atoms with Crippen LogP contribution in [0, 0.1) is 6.92 Å². The lowest BCUT2D eigenvalue weighted by atomic mass is 10.00. The molecule has 0 fully saturated rings. The van der Waals surface area contributed by atoms with Gasteiger partial charge in [-0.1, -0.05) is 29.8 Å². The van der Waals surface area contributed by atoms with Gasteiger partial charge in [0.2, 0.25) is 0 Å². The molecule has 0 amide bonds. The van der Waals surface area contributed by atoms with E-state index >= 15 is 0 Å². The summed E-state index contributed by atoms with van der Waals surface area (Å²) >= 11 is 9.79. The van der Waals surface area contributed by atoms with E-state index < -0.39 is 0 Å². The summed E-state index contributed by atoms with van der Waals surface area (Å²) in [5.74, 6) is 0. The molecule has 0 bridgehead atoms. The molecular weight excluding hydrogens is 312 g/mol. The molecule has 1 aromatic heterocycles. The van der Waals surface area contributed by atoms with Gasteiger partial charge in [-0.2, -0.15) is 0 Å². The lowest BCUT2D eigenvalue weighted by molar-refractivity contribution is 0.688. The van der Waals surface area contributed by atoms with Gasteiger partial charge in [-0.05, 0) is 53.2 Å². The molecule has 0 aliphatic heterocycles. The lowest BCUT2D eigenvalue weighted by Gasteiger charge is -2.19. The van der Waals surface area contributed by atoms with Gasteiger partial charge in [0.25, 0.3) is 0 Å². The van der Waals surface area contributed by atoms with E-state index in [4.69, 9.17) is 11.6 Å². The van der Waals surface area contributed by atoms with Crippen LogP contribution in [0.4, 0.5) is 0 Å². The molecule has 18 heavy (non-hydrogen) atoms. The van der Waals surface area contributed by atoms with Crippen LogP contribution in [-0.4, -0.2) is 12.0 Å². The van der Waals surface area contributed by atoms with Crippen LogP contribution in [-0.2, 0) is 0 Å². The average molecular weight is 326 g/mol. The van der Waals surface area contributed by atoms with Crippen molar-refractivity contribution < 1.29 is 0 Å². The molecule has 1 N–H and O–H groups in total. The fraction of sp³-hybridized carbons (Fsp3) is 0.214. The molecule has 2 rings (SSSR count). The Morgan fingerprint density at radius 1 is 1.28 bits per heavy atom. The zero-order chi connectivity index (χ0) is 13.1. The van der Waals surface area contributed by atoms with Crippen molar-refractivity contribution in [2.45, 2.75) is 13.0 Å². The van der Waals surface area contributed by atoms with Crippen LogP contribution in [0.25, 0.3) is 0 Å². The van der Waals surface area contributed by atoms with E-state index in [2.05, 4.69) is 32.3 Å². The summed E-state index contributed by atoms with van der Waals surface area (Å²) in [7, 11) is 1.92. The van der Waals surface area contributed by atoms with Crippen molar-refractivity contribution in [2.24, 2.45) is 0 Å². The standard InChI is InChI=1S/C14H14BrClN2/c1-9-6-7-10(8-18-9)14(17-2)11-4-3-5-12(15)13(11)16/h3-8,14,17H,1-2H3. The third-order valence-electron chi connectivity index (χ3n) is 2.85. The maximum atomic E-state index is 6.34. The van der Waals surface area contributed by atoms with Crippen molar-refractivity contribution in [3.63, 3.8) is 0 Å². The van der Waals surface area contributed by atoms with Crippen LogP contribution < -0.4 is 5.32 Å². The van der Waals surface area contributed by atoms with Gasteiger partial charge >= 0.3 is 0 Å². The van der Waals surface area contributed by atoms with Crippen molar-refractivity contribution in [3.05, 3.63) is 62.8 Å². The summed E-state index contributed by atoms with van der Waals surface area (Å²) in [6.07, 6.45) is 1.88. The second kappa shape index (κ2) is 5.83. The zero-order valence-corrected chi connectivity index (χ0v) is 12.6. The number of hydrogen-bond donors (Lipinski definition) is 1. The number of aromatic nitrogens is 1. The summed E-state index contributed by atoms with van der Waals surface area (Å²) in [6, 6.07) is 10.1. The number of benzene rings is 1. The molecule has 94 valence electrons. The van der Waals surface area contributed by atoms with Gasteiger partial charge in [0.15, 0.2) is 0 Å². The van der Waals surface area contributed by atoms with Gasteiger partial charge in [-0.3, -0.25) is 4.98 Å². The summed E-state index contributed by atoms with van der Waals surface area (Å²) in [5.41, 5.74) is 3.15. The highest BCUT2D eigenvalue weighted by Crippen LogP contribution is 2.32. The Balaban J connectivity index is 2.45. The highest BCUT2D eigenvalue weighted by molar-refractivity contribution is 9.10. The van der Waals surface area contributed by atoms with E-state index in [0.29, 0.717) is 0 Å². The minimum atomic E-state index is 0.0445. The minimum absolute atomic E-state index is 0.0445. The summed E-state index contributed by atoms with van der Waals surface area (Å²) in [6.45, 7) is 1.98. The quantitative estimate of drug-likeness (QED) is 0.918. The predicted molar refractivity (Wildman–Crippen MR) is 79.0 cm³/mol. The van der Waals surface area contributed by atoms with Crippen LogP contribution >= 0.6 is 27.5 Å². The Labute approximate surface area is 121 Å². The zero-order valence-electron chi connectivity index (χ0n) is 10.2. The highest BCUT2D eigenvalue weighted by atomic mass is 79.9. The highest BCUT2D eigenvalue weighted by Gasteiger charge is 2.16. The number of nitrogens with one attached hydrogen (secondary N) is 1. The molecule has 0 radical (unpaired) electrons. The average Bonchev–Trinajstić information content (AvgIpc) is 2.37. The SMILES string of the molecule is CNC(c1ccc(C)nc1)c1cccc(Br)c1Cl. The van der Waals surface area contributed by atoms with Crippen LogP contribution in [0.2, 0.25) is 5.02 Å². The molecule has 2 aromatic rings. The van der Waals surface area contributed by atoms with E-state index in [1.807, 2.05) is 44.4 Å². The molecule has 2 nitrogen and oxygen atoms in total. The maximum Gasteiger partial charge on any atom is 0.0604 e. The second-order valence-electron chi connectivity index (χ2n) is 4.10. The summed E-state index contributed by atoms with van der Waals surface area (Å²) in [4.78, 5) is 4.33. The molecule has 4 heteroatoms. The topological polar surface area (TPSA) is 24.9 Å². The first-order valence-corrected chi connectivity index (χ1v) is 6.84. The first kappa shape index (κ1) is 13.5. The monoisotopic (exact) mass is 324 g/mol. The summed E-state index contributed by atoms with van der Waals surface area (Å²) < 4.78 is 0.905. The lowest BCUT2D eigenvalue weighted by Crippen LogP contribution is -2.18. The normalized spacial score (nSPS) is 12.4. The Bertz CT molecular complexity index is 540. The molecule has 0 aliphatic rings. The van der Waals surface area contributed by atoms with E-state index in [9.17, 15) is 0 Å². The Morgan fingerprint density at radius 3 is 2.67 bits per heavy atom. The number of halogens is 2. The van der Waals surface area contributed by atoms with Gasteiger partial charge in [-0.25, -0.2) is 0 Å². The van der Waals surface area contributed by atoms with E-state index in [-0.39, 0.29) is 6.04 Å². The van der Waals surface area contributed by atoms with Crippen molar-refractivity contribution in [2.75, 3.05) is 7.05 Å². The molecule has 1 aromatic carbocycles. The number of pyridine rings is 1. The Hall–Kier alpha value is -0.900. The minimum Gasteiger partial charge on any atom is -0.309 e. The first-order chi connectivity index (χ1) is 8.63. The van der Waals surface area contributed by atoms with Crippen LogP contribution in [0.1, 0.15) is 22.9 Å². The first-order valence-electron chi connectivity index (χ1n) is 5.67. The maximum absolute atomic E-state index is 6.34. The molecule has 0 saturated heterocycles. The molecule has 1 atom stereocenters. The third-order valence-corrected chi connectivity index (χ3v) is 4.16. The van der Waals surface area contributed by atoms with Crippen LogP contribution in [0.5, 0.6) is 0 Å². The number of rotatable bonds is 3. The Morgan fingerprint density at radius 2 is 2.06 bits per heavy atom. The van der Waals surface area contributed by atoms with Crippen molar-refractivity contribution in [1.29, 1.82) is 0 Å². The van der Waals surface area contributed by atoms with Crippen molar-refractivity contribution in [3.8, 4) is 0 Å². The van der Waals surface area contributed by atoms with Gasteiger partial charge in [0.05, 0.1) is 11.1 Å². The fourth-order valence-electron chi connectivity index (χ4n) is 1.90. The number of nitrogens with zero attached hydrogens (tertiary/aromatic N) is 1. The van der Waals surface area contributed by atoms with Gasteiger partial charge < -0.3 is 5.32 Å². The molecule has 1 heterocycles. The van der Waals surface area contributed by atoms with E-state index in [0.717, 1.165) is 26.3 Å². The van der Waals surface area contributed by atoms with Crippen molar-refractivity contribution >= 4 is 27.5 Å². The van der Waals surface area contributed by atoms with Crippen LogP contribution in [0.15, 0.2) is 41.0 Å². The van der Waals surface area contributed by atoms with Gasteiger partial charge in [0.1, 0.15) is 0 Å². The molecule has 0 saturated carbocycles.